The second-order valence-corrected chi connectivity index (χ2v) is 4.63. The highest BCUT2D eigenvalue weighted by Crippen LogP contribution is 2.43. The molecule has 2 rings (SSSR count). The molecule has 1 spiro atoms. The van der Waals surface area contributed by atoms with Gasteiger partial charge in [-0.2, -0.15) is 0 Å². The summed E-state index contributed by atoms with van der Waals surface area (Å²) in [4.78, 5) is 10.9. The Morgan fingerprint density at radius 2 is 1.64 bits per heavy atom. The quantitative estimate of drug-likeness (QED) is 0.537. The Kier molecular flexibility index (Phi) is 1.78. The van der Waals surface area contributed by atoms with E-state index in [0.717, 1.165) is 0 Å². The van der Waals surface area contributed by atoms with Crippen LogP contribution in [-0.2, 0) is 23.4 Å². The highest BCUT2D eigenvalue weighted by atomic mass is 16.9. The van der Waals surface area contributed by atoms with Crippen LogP contribution in [0.3, 0.4) is 0 Å². The van der Waals surface area contributed by atoms with Gasteiger partial charge in [-0.15, -0.1) is 0 Å². The van der Waals surface area contributed by atoms with Crippen molar-refractivity contribution in [3.63, 3.8) is 0 Å². The number of hydrogen-bond donors (Lipinski definition) is 0. The molecule has 2 heterocycles. The van der Waals surface area contributed by atoms with Gasteiger partial charge in [0.15, 0.2) is 0 Å². The van der Waals surface area contributed by atoms with Gasteiger partial charge < -0.3 is 18.6 Å². The third-order valence-corrected chi connectivity index (χ3v) is 3.01. The Morgan fingerprint density at radius 3 is 2.00 bits per heavy atom. The number of carbonyl (C=O) groups is 1. The van der Waals surface area contributed by atoms with Crippen LogP contribution < -0.4 is 0 Å². The Morgan fingerprint density at radius 1 is 1.14 bits per heavy atom. The molecule has 80 valence electrons. The van der Waals surface area contributed by atoms with E-state index in [9.17, 15) is 4.79 Å². The molecule has 0 unspecified atom stereocenters. The first-order valence-corrected chi connectivity index (χ1v) is 4.65. The maximum atomic E-state index is 10.9. The summed E-state index contributed by atoms with van der Waals surface area (Å²) in [5, 5.41) is 0. The van der Waals surface area contributed by atoms with Crippen molar-refractivity contribution in [1.29, 1.82) is 0 Å². The molecular formula is C8H14BO5-. The standard InChI is InChI=1S/C8H14BO5/c1-7(2)8(3,4)14-9(13-7)11-5-6(10)12-9/h5H2,1-4H3/q-1. The second-order valence-electron chi connectivity index (χ2n) is 4.63. The van der Waals surface area contributed by atoms with Gasteiger partial charge in [0.25, 0.3) is 5.97 Å². The zero-order valence-corrected chi connectivity index (χ0v) is 8.83. The fourth-order valence-corrected chi connectivity index (χ4v) is 1.54. The third-order valence-electron chi connectivity index (χ3n) is 3.01. The van der Waals surface area contributed by atoms with E-state index in [1.165, 1.54) is 0 Å². The van der Waals surface area contributed by atoms with E-state index in [0.29, 0.717) is 0 Å². The molecule has 2 saturated heterocycles. The molecule has 5 nitrogen and oxygen atoms in total. The summed E-state index contributed by atoms with van der Waals surface area (Å²) in [5.41, 5.74) is -1.09. The number of rotatable bonds is 0. The molecule has 14 heavy (non-hydrogen) atoms. The molecule has 0 aromatic carbocycles. The fourth-order valence-electron chi connectivity index (χ4n) is 1.54. The van der Waals surface area contributed by atoms with Crippen LogP contribution in [0.2, 0.25) is 0 Å². The average Bonchev–Trinajstić information content (AvgIpc) is 2.35. The van der Waals surface area contributed by atoms with E-state index in [-0.39, 0.29) is 6.61 Å². The first-order valence-electron chi connectivity index (χ1n) is 4.65. The van der Waals surface area contributed by atoms with Crippen LogP contribution in [0.4, 0.5) is 0 Å². The van der Waals surface area contributed by atoms with Gasteiger partial charge in [-0.1, -0.05) is 0 Å². The lowest BCUT2D eigenvalue weighted by molar-refractivity contribution is -0.133. The number of hydrogen-bond acceptors (Lipinski definition) is 5. The van der Waals surface area contributed by atoms with Crippen LogP contribution in [0.25, 0.3) is 0 Å². The van der Waals surface area contributed by atoms with Crippen molar-refractivity contribution in [2.75, 3.05) is 6.61 Å². The molecule has 0 atom stereocenters. The van der Waals surface area contributed by atoms with Gasteiger partial charge in [0.1, 0.15) is 6.61 Å². The summed E-state index contributed by atoms with van der Waals surface area (Å²) in [6.45, 7) is 5.08. The maximum Gasteiger partial charge on any atom is 0.594 e. The summed E-state index contributed by atoms with van der Waals surface area (Å²) in [6.07, 6.45) is 0. The van der Waals surface area contributed by atoms with Crippen molar-refractivity contribution >= 4 is 12.9 Å². The molecule has 2 aliphatic rings. The molecule has 0 radical (unpaired) electrons. The van der Waals surface area contributed by atoms with Gasteiger partial charge in [0.2, 0.25) is 0 Å². The molecular weight excluding hydrogens is 187 g/mol. The fraction of sp³-hybridized carbons (Fsp3) is 0.875. The predicted molar refractivity (Wildman–Crippen MR) is 48.1 cm³/mol. The Labute approximate surface area is 82.7 Å². The average molecular weight is 201 g/mol. The summed E-state index contributed by atoms with van der Waals surface area (Å²) in [6, 6.07) is 0. The SMILES string of the molecule is CC1(C)O[B-]2(OCC(=O)O2)OC1(C)C. The van der Waals surface area contributed by atoms with E-state index >= 15 is 0 Å². The van der Waals surface area contributed by atoms with Crippen LogP contribution in [0.1, 0.15) is 27.7 Å². The van der Waals surface area contributed by atoms with E-state index in [1.54, 1.807) is 0 Å². The van der Waals surface area contributed by atoms with Gasteiger partial charge in [-0.3, -0.25) is 4.79 Å². The first-order chi connectivity index (χ1) is 6.27. The molecule has 0 aromatic heterocycles. The van der Waals surface area contributed by atoms with Crippen molar-refractivity contribution in [1.82, 2.24) is 0 Å². The topological polar surface area (TPSA) is 54.0 Å². The molecule has 2 aliphatic heterocycles. The molecule has 0 N–H and O–H groups in total. The lowest BCUT2D eigenvalue weighted by atomic mass is 9.90. The van der Waals surface area contributed by atoms with E-state index < -0.39 is 24.1 Å². The monoisotopic (exact) mass is 201 g/mol. The van der Waals surface area contributed by atoms with Crippen molar-refractivity contribution in [3.05, 3.63) is 0 Å². The molecule has 0 aromatic rings. The van der Waals surface area contributed by atoms with Gasteiger partial charge >= 0.3 is 6.96 Å². The maximum absolute atomic E-state index is 10.9. The third kappa shape index (κ3) is 1.25. The van der Waals surface area contributed by atoms with Gasteiger partial charge in [-0.25, -0.2) is 0 Å². The molecule has 2 fully saturated rings. The summed E-state index contributed by atoms with van der Waals surface area (Å²) < 4.78 is 21.2. The first kappa shape index (κ1) is 9.95. The van der Waals surface area contributed by atoms with Crippen LogP contribution in [-0.4, -0.2) is 30.7 Å². The molecule has 0 saturated carbocycles. The van der Waals surface area contributed by atoms with Crippen LogP contribution in [0.5, 0.6) is 0 Å². The van der Waals surface area contributed by atoms with Crippen molar-refractivity contribution in [2.45, 2.75) is 38.9 Å². The van der Waals surface area contributed by atoms with Gasteiger partial charge in [-0.05, 0) is 27.7 Å². The molecule has 0 aliphatic carbocycles. The van der Waals surface area contributed by atoms with E-state index in [1.807, 2.05) is 27.7 Å². The smallest absolute Gasteiger partial charge is 0.594 e. The lowest BCUT2D eigenvalue weighted by Crippen LogP contribution is -2.41. The Hall–Kier alpha value is -0.585. The van der Waals surface area contributed by atoms with Crippen molar-refractivity contribution in [2.24, 2.45) is 0 Å². The zero-order chi connectivity index (χ0) is 10.6. The van der Waals surface area contributed by atoms with Crippen molar-refractivity contribution < 1.29 is 23.4 Å². The largest absolute Gasteiger partial charge is 0.617 e. The van der Waals surface area contributed by atoms with Gasteiger partial charge in [0, 0.05) is 11.2 Å². The van der Waals surface area contributed by atoms with E-state index in [4.69, 9.17) is 18.6 Å². The van der Waals surface area contributed by atoms with Crippen LogP contribution >= 0.6 is 0 Å². The minimum atomic E-state index is -2.31. The number of carbonyl (C=O) groups excluding carboxylic acids is 1. The van der Waals surface area contributed by atoms with Crippen LogP contribution in [0, 0.1) is 0 Å². The minimum absolute atomic E-state index is 0.105. The molecule has 0 amide bonds. The van der Waals surface area contributed by atoms with Crippen LogP contribution in [0.15, 0.2) is 0 Å². The minimum Gasteiger partial charge on any atom is -0.617 e. The van der Waals surface area contributed by atoms with Crippen molar-refractivity contribution in [3.8, 4) is 0 Å². The molecule has 0 bridgehead atoms. The Bertz CT molecular complexity index is 269. The second kappa shape index (κ2) is 2.50. The normalized spacial score (nSPS) is 32.1. The summed E-state index contributed by atoms with van der Waals surface area (Å²) in [5.74, 6) is -0.446. The lowest BCUT2D eigenvalue weighted by Gasteiger charge is -2.35. The summed E-state index contributed by atoms with van der Waals surface area (Å²) >= 11 is 0. The zero-order valence-electron chi connectivity index (χ0n) is 8.83. The highest BCUT2D eigenvalue weighted by molar-refractivity contribution is 6.58. The van der Waals surface area contributed by atoms with Gasteiger partial charge in [0.05, 0.1) is 0 Å². The highest BCUT2D eigenvalue weighted by Gasteiger charge is 2.58. The van der Waals surface area contributed by atoms with E-state index in [2.05, 4.69) is 0 Å². The summed E-state index contributed by atoms with van der Waals surface area (Å²) in [7, 11) is 0. The molecule has 6 heteroatoms. The Balaban J connectivity index is 2.25. The predicted octanol–water partition coefficient (Wildman–Crippen LogP) is 0.599.